The van der Waals surface area contributed by atoms with Gasteiger partial charge in [0.2, 0.25) is 6.09 Å². The molecule has 0 bridgehead atoms. The Hall–Kier alpha value is 0.906. The molecule has 0 atom stereocenters. The van der Waals surface area contributed by atoms with Crippen LogP contribution in [0, 0.1) is 0 Å². The predicted octanol–water partition coefficient (Wildman–Crippen LogP) is -0.0448. The summed E-state index contributed by atoms with van der Waals surface area (Å²) < 4.78 is 4.78. The number of hydrogen-bond acceptors (Lipinski definition) is 2. The van der Waals surface area contributed by atoms with E-state index in [9.17, 15) is 4.79 Å². The molecule has 0 saturated carbocycles. The van der Waals surface area contributed by atoms with Crippen LogP contribution in [-0.4, -0.2) is 18.7 Å². The van der Waals surface area contributed by atoms with Crippen molar-refractivity contribution in [3.05, 3.63) is 5.32 Å². The first kappa shape index (κ1) is 18.6. The SMILES string of the molecule is CC.C[N-]C(=O)OC(C)(C)C.[K+]. The zero-order valence-corrected chi connectivity index (χ0v) is 12.4. The third-order valence-electron chi connectivity index (χ3n) is 0.576. The first-order valence-electron chi connectivity index (χ1n) is 3.78. The molecule has 0 spiro atoms. The Labute approximate surface area is 118 Å². The van der Waals surface area contributed by atoms with Crippen molar-refractivity contribution in [2.45, 2.75) is 40.2 Å². The van der Waals surface area contributed by atoms with Crippen molar-refractivity contribution < 1.29 is 60.9 Å². The minimum atomic E-state index is -0.512. The minimum Gasteiger partial charge on any atom is -0.620 e. The molecule has 0 radical (unpaired) electrons. The molecule has 4 heteroatoms. The monoisotopic (exact) mass is 199 g/mol. The average Bonchev–Trinajstić information content (AvgIpc) is 1.89. The van der Waals surface area contributed by atoms with Crippen LogP contribution in [0.3, 0.4) is 0 Å². The van der Waals surface area contributed by atoms with Gasteiger partial charge in [-0.25, -0.2) is 0 Å². The van der Waals surface area contributed by atoms with Gasteiger partial charge in [-0.15, -0.1) is 7.05 Å². The summed E-state index contributed by atoms with van der Waals surface area (Å²) in [5.41, 5.74) is -0.420. The largest absolute Gasteiger partial charge is 1.00 e. The Bertz CT molecular complexity index is 110. The molecule has 0 aliphatic rings. The predicted molar refractivity (Wildman–Crippen MR) is 46.9 cm³/mol. The Kier molecular flexibility index (Phi) is 15.5. The number of rotatable bonds is 0. The number of ether oxygens (including phenoxy) is 1. The van der Waals surface area contributed by atoms with E-state index in [2.05, 4.69) is 5.32 Å². The maximum Gasteiger partial charge on any atom is 1.00 e. The molecule has 68 valence electrons. The van der Waals surface area contributed by atoms with E-state index in [0.717, 1.165) is 0 Å². The summed E-state index contributed by atoms with van der Waals surface area (Å²) in [6, 6.07) is 0. The fraction of sp³-hybridized carbons (Fsp3) is 0.875. The van der Waals surface area contributed by atoms with Crippen molar-refractivity contribution in [1.82, 2.24) is 0 Å². The van der Waals surface area contributed by atoms with Crippen LogP contribution in [-0.2, 0) is 4.74 Å². The van der Waals surface area contributed by atoms with Crippen molar-refractivity contribution in [1.29, 1.82) is 0 Å². The number of amides is 1. The molecular formula is C8H18KNO2. The molecule has 3 nitrogen and oxygen atoms in total. The molecule has 0 saturated heterocycles. The Morgan fingerprint density at radius 1 is 1.25 bits per heavy atom. The number of carbonyl (C=O) groups excluding carboxylic acids is 1. The van der Waals surface area contributed by atoms with Crippen LogP contribution >= 0.6 is 0 Å². The van der Waals surface area contributed by atoms with Crippen molar-refractivity contribution in [3.8, 4) is 0 Å². The first-order valence-corrected chi connectivity index (χ1v) is 3.78. The van der Waals surface area contributed by atoms with Gasteiger partial charge in [0.15, 0.2) is 0 Å². The maximum atomic E-state index is 10.4. The Balaban J connectivity index is -0.000000249. The van der Waals surface area contributed by atoms with Crippen molar-refractivity contribution >= 4 is 6.09 Å². The second kappa shape index (κ2) is 9.99. The smallest absolute Gasteiger partial charge is 0.620 e. The van der Waals surface area contributed by atoms with Crippen molar-refractivity contribution in [2.75, 3.05) is 7.05 Å². The van der Waals surface area contributed by atoms with Crippen LogP contribution in [0.1, 0.15) is 34.6 Å². The molecule has 0 aromatic carbocycles. The van der Waals surface area contributed by atoms with Gasteiger partial charge in [0.05, 0.1) is 0 Å². The second-order valence-corrected chi connectivity index (χ2v) is 2.70. The van der Waals surface area contributed by atoms with Crippen LogP contribution in [0.4, 0.5) is 4.79 Å². The van der Waals surface area contributed by atoms with E-state index in [4.69, 9.17) is 4.74 Å². The molecule has 0 fully saturated rings. The van der Waals surface area contributed by atoms with E-state index in [1.807, 2.05) is 13.8 Å². The van der Waals surface area contributed by atoms with Crippen LogP contribution in [0.25, 0.3) is 5.32 Å². The third kappa shape index (κ3) is 17.1. The standard InChI is InChI=1S/C6H13NO2.C2H6.K/c1-6(2,3)9-5(8)7-4;1-2;/h1-4H3,(H,7,8);1-2H3;/q;;+1/p-1. The van der Waals surface area contributed by atoms with Gasteiger partial charge < -0.3 is 10.1 Å². The van der Waals surface area contributed by atoms with E-state index in [1.54, 1.807) is 20.8 Å². The molecule has 0 N–H and O–H groups in total. The van der Waals surface area contributed by atoms with Gasteiger partial charge in [-0.1, -0.05) is 13.8 Å². The van der Waals surface area contributed by atoms with Crippen LogP contribution in [0.15, 0.2) is 0 Å². The van der Waals surface area contributed by atoms with Crippen molar-refractivity contribution in [2.24, 2.45) is 0 Å². The molecule has 0 aliphatic heterocycles. The van der Waals surface area contributed by atoms with Gasteiger partial charge in [-0.05, 0) is 20.8 Å². The van der Waals surface area contributed by atoms with Gasteiger partial charge in [0.25, 0.3) is 0 Å². The quantitative estimate of drug-likeness (QED) is 0.513. The molecule has 0 aromatic heterocycles. The van der Waals surface area contributed by atoms with Crippen molar-refractivity contribution in [3.63, 3.8) is 0 Å². The molecule has 0 aliphatic carbocycles. The number of carbonyl (C=O) groups is 1. The normalized spacial score (nSPS) is 8.50. The van der Waals surface area contributed by atoms with Gasteiger partial charge in [-0.3, -0.25) is 4.79 Å². The fourth-order valence-corrected chi connectivity index (χ4v) is 0.308. The van der Waals surface area contributed by atoms with E-state index < -0.39 is 11.7 Å². The third-order valence-corrected chi connectivity index (χ3v) is 0.576. The summed E-state index contributed by atoms with van der Waals surface area (Å²) in [4.78, 5) is 10.4. The Morgan fingerprint density at radius 3 is 1.67 bits per heavy atom. The van der Waals surface area contributed by atoms with E-state index in [0.29, 0.717) is 0 Å². The average molecular weight is 199 g/mol. The van der Waals surface area contributed by atoms with E-state index in [1.165, 1.54) is 7.05 Å². The zero-order valence-electron chi connectivity index (χ0n) is 9.26. The molecule has 0 aromatic rings. The summed E-state index contributed by atoms with van der Waals surface area (Å²) in [5, 5.41) is 3.31. The Morgan fingerprint density at radius 2 is 1.58 bits per heavy atom. The summed E-state index contributed by atoms with van der Waals surface area (Å²) in [6.45, 7) is 9.41. The molecule has 0 rings (SSSR count). The topological polar surface area (TPSA) is 40.4 Å². The summed E-state index contributed by atoms with van der Waals surface area (Å²) >= 11 is 0. The van der Waals surface area contributed by atoms with Gasteiger partial charge in [0.1, 0.15) is 5.60 Å². The molecule has 0 unspecified atom stereocenters. The van der Waals surface area contributed by atoms with Gasteiger partial charge in [-0.2, -0.15) is 0 Å². The second-order valence-electron chi connectivity index (χ2n) is 2.70. The van der Waals surface area contributed by atoms with Crippen LogP contribution < -0.4 is 51.4 Å². The molecular weight excluding hydrogens is 181 g/mol. The summed E-state index contributed by atoms with van der Waals surface area (Å²) in [7, 11) is 1.41. The maximum absolute atomic E-state index is 10.4. The molecule has 12 heavy (non-hydrogen) atoms. The molecule has 0 heterocycles. The molecule has 1 amide bonds. The first-order chi connectivity index (χ1) is 4.95. The van der Waals surface area contributed by atoms with Crippen LogP contribution in [0.2, 0.25) is 0 Å². The van der Waals surface area contributed by atoms with Gasteiger partial charge >= 0.3 is 51.4 Å². The summed E-state index contributed by atoms with van der Waals surface area (Å²) in [6.07, 6.45) is -0.512. The number of nitrogens with zero attached hydrogens (tertiary/aromatic N) is 1. The zero-order chi connectivity index (χ0) is 9.49. The minimum absolute atomic E-state index is 0. The summed E-state index contributed by atoms with van der Waals surface area (Å²) in [5.74, 6) is 0. The van der Waals surface area contributed by atoms with E-state index >= 15 is 0 Å². The number of hydrogen-bond donors (Lipinski definition) is 0. The fourth-order valence-electron chi connectivity index (χ4n) is 0.308. The van der Waals surface area contributed by atoms with Gasteiger partial charge in [0, 0.05) is 0 Å². The van der Waals surface area contributed by atoms with E-state index in [-0.39, 0.29) is 51.4 Å². The van der Waals surface area contributed by atoms with Crippen LogP contribution in [0.5, 0.6) is 0 Å².